The van der Waals surface area contributed by atoms with Gasteiger partial charge in [0.25, 0.3) is 5.91 Å². The van der Waals surface area contributed by atoms with Gasteiger partial charge in [-0.25, -0.2) is 0 Å². The topological polar surface area (TPSA) is 82.4 Å². The zero-order chi connectivity index (χ0) is 19.6. The monoisotopic (exact) mass is 369 g/mol. The number of nitrogens with zero attached hydrogens (tertiary/aromatic N) is 2. The second-order valence-electron chi connectivity index (χ2n) is 6.68. The molecule has 0 radical (unpaired) electrons. The third-order valence-corrected chi connectivity index (χ3v) is 4.64. The number of hydrogen-bond acceptors (Lipinski definition) is 5. The molecule has 6 nitrogen and oxygen atoms in total. The van der Waals surface area contributed by atoms with Crippen LogP contribution in [0.15, 0.2) is 36.0 Å². The summed E-state index contributed by atoms with van der Waals surface area (Å²) in [5, 5.41) is 12.4. The van der Waals surface area contributed by atoms with E-state index in [1.807, 2.05) is 12.1 Å². The Kier molecular flexibility index (Phi) is 7.87. The molecule has 6 heteroatoms. The summed E-state index contributed by atoms with van der Waals surface area (Å²) in [4.78, 5) is 25.9. The Hall–Kier alpha value is -2.81. The molecule has 1 aromatic carbocycles. The highest BCUT2D eigenvalue weighted by atomic mass is 16.5. The summed E-state index contributed by atoms with van der Waals surface area (Å²) in [5.41, 5.74) is 2.51. The number of aryl methyl sites for hydroxylation is 1. The third-order valence-electron chi connectivity index (χ3n) is 4.64. The van der Waals surface area contributed by atoms with Crippen molar-refractivity contribution >= 4 is 11.9 Å². The molecular weight excluding hydrogens is 342 g/mol. The van der Waals surface area contributed by atoms with Crippen molar-refractivity contribution in [2.45, 2.75) is 33.1 Å². The number of hydrogen-bond donors (Lipinski definition) is 1. The van der Waals surface area contributed by atoms with Crippen LogP contribution in [0.3, 0.4) is 0 Å². The molecule has 27 heavy (non-hydrogen) atoms. The maximum atomic E-state index is 12.5. The van der Waals surface area contributed by atoms with Crippen LogP contribution >= 0.6 is 0 Å². The molecule has 1 N–H and O–H groups in total. The number of esters is 1. The van der Waals surface area contributed by atoms with Crippen LogP contribution in [-0.2, 0) is 20.7 Å². The van der Waals surface area contributed by atoms with Crippen LogP contribution in [0.5, 0.6) is 0 Å². The van der Waals surface area contributed by atoms with Crippen molar-refractivity contribution < 1.29 is 14.3 Å². The van der Waals surface area contributed by atoms with Crippen LogP contribution in [0.25, 0.3) is 0 Å². The molecule has 1 fully saturated rings. The summed E-state index contributed by atoms with van der Waals surface area (Å²) < 4.78 is 5.04. The average molecular weight is 369 g/mol. The van der Waals surface area contributed by atoms with E-state index in [2.05, 4.69) is 30.4 Å². The molecule has 1 aliphatic rings. The van der Waals surface area contributed by atoms with Crippen LogP contribution in [0.4, 0.5) is 0 Å². The van der Waals surface area contributed by atoms with Crippen molar-refractivity contribution in [3.05, 3.63) is 47.2 Å². The second-order valence-corrected chi connectivity index (χ2v) is 6.68. The maximum Gasteiger partial charge on any atom is 0.309 e. The SMILES string of the molecule is CCOC(=O)C1CCN(C(=O)/C(C#N)=C\NCCc2cccc(C)c2)CC1. The molecule has 1 heterocycles. The van der Waals surface area contributed by atoms with Gasteiger partial charge >= 0.3 is 5.97 Å². The number of likely N-dealkylation sites (tertiary alicyclic amines) is 1. The number of benzene rings is 1. The lowest BCUT2D eigenvalue weighted by atomic mass is 9.96. The lowest BCUT2D eigenvalue weighted by Gasteiger charge is -2.30. The summed E-state index contributed by atoms with van der Waals surface area (Å²) in [7, 11) is 0. The first-order chi connectivity index (χ1) is 13.0. The van der Waals surface area contributed by atoms with E-state index in [9.17, 15) is 14.9 Å². The molecule has 2 rings (SSSR count). The normalized spacial score (nSPS) is 15.1. The van der Waals surface area contributed by atoms with Gasteiger partial charge in [0, 0.05) is 25.8 Å². The largest absolute Gasteiger partial charge is 0.466 e. The fourth-order valence-corrected chi connectivity index (χ4v) is 3.15. The Morgan fingerprint density at radius 1 is 1.37 bits per heavy atom. The molecule has 0 atom stereocenters. The molecule has 1 saturated heterocycles. The first-order valence-corrected chi connectivity index (χ1v) is 9.40. The van der Waals surface area contributed by atoms with E-state index in [0.29, 0.717) is 39.1 Å². The van der Waals surface area contributed by atoms with Crippen molar-refractivity contribution in [1.29, 1.82) is 5.26 Å². The Balaban J connectivity index is 1.82. The summed E-state index contributed by atoms with van der Waals surface area (Å²) in [6.07, 6.45) is 3.46. The van der Waals surface area contributed by atoms with Gasteiger partial charge in [-0.2, -0.15) is 5.26 Å². The lowest BCUT2D eigenvalue weighted by molar-refractivity contribution is -0.150. The predicted molar refractivity (Wildman–Crippen MR) is 103 cm³/mol. The van der Waals surface area contributed by atoms with E-state index in [0.717, 1.165) is 6.42 Å². The van der Waals surface area contributed by atoms with Crippen LogP contribution in [0.2, 0.25) is 0 Å². The number of ether oxygens (including phenoxy) is 1. The van der Waals surface area contributed by atoms with Gasteiger partial charge in [-0.05, 0) is 38.7 Å². The van der Waals surface area contributed by atoms with Crippen molar-refractivity contribution in [1.82, 2.24) is 10.2 Å². The van der Waals surface area contributed by atoms with Crippen LogP contribution in [0, 0.1) is 24.2 Å². The van der Waals surface area contributed by atoms with Gasteiger partial charge in [0.2, 0.25) is 0 Å². The zero-order valence-electron chi connectivity index (χ0n) is 16.0. The van der Waals surface area contributed by atoms with E-state index >= 15 is 0 Å². The Bertz CT molecular complexity index is 728. The third kappa shape index (κ3) is 6.14. The van der Waals surface area contributed by atoms with Gasteiger partial charge in [-0.15, -0.1) is 0 Å². The molecule has 0 spiro atoms. The summed E-state index contributed by atoms with van der Waals surface area (Å²) in [5.74, 6) is -0.641. The number of carbonyl (C=O) groups is 2. The average Bonchev–Trinajstić information content (AvgIpc) is 2.68. The molecule has 0 saturated carbocycles. The van der Waals surface area contributed by atoms with E-state index < -0.39 is 0 Å². The summed E-state index contributed by atoms with van der Waals surface area (Å²) in [6.45, 7) is 5.77. The van der Waals surface area contributed by atoms with Crippen molar-refractivity contribution in [3.8, 4) is 6.07 Å². The molecule has 0 unspecified atom stereocenters. The number of nitrogens with one attached hydrogen (secondary N) is 1. The molecule has 1 aromatic rings. The fraction of sp³-hybridized carbons (Fsp3) is 0.476. The number of piperidine rings is 1. The highest BCUT2D eigenvalue weighted by Crippen LogP contribution is 2.20. The van der Waals surface area contributed by atoms with Crippen LogP contribution in [-0.4, -0.2) is 43.0 Å². The fourth-order valence-electron chi connectivity index (χ4n) is 3.15. The number of carbonyl (C=O) groups excluding carboxylic acids is 2. The van der Waals surface area contributed by atoms with Crippen LogP contribution < -0.4 is 5.32 Å². The van der Waals surface area contributed by atoms with E-state index in [4.69, 9.17) is 4.74 Å². The van der Waals surface area contributed by atoms with Gasteiger partial charge in [-0.1, -0.05) is 29.8 Å². The standard InChI is InChI=1S/C21H27N3O3/c1-3-27-21(26)18-8-11-24(12-9-18)20(25)19(14-22)15-23-10-7-17-6-4-5-16(2)13-17/h4-6,13,15,18,23H,3,7-12H2,1-2H3/b19-15-. The lowest BCUT2D eigenvalue weighted by Crippen LogP contribution is -2.41. The second kappa shape index (κ2) is 10.4. The minimum Gasteiger partial charge on any atom is -0.466 e. The van der Waals surface area contributed by atoms with Gasteiger partial charge < -0.3 is 15.0 Å². The first-order valence-electron chi connectivity index (χ1n) is 9.40. The Morgan fingerprint density at radius 3 is 2.74 bits per heavy atom. The summed E-state index contributed by atoms with van der Waals surface area (Å²) >= 11 is 0. The smallest absolute Gasteiger partial charge is 0.309 e. The van der Waals surface area contributed by atoms with Crippen molar-refractivity contribution in [2.75, 3.05) is 26.2 Å². The van der Waals surface area contributed by atoms with Crippen molar-refractivity contribution in [2.24, 2.45) is 5.92 Å². The Labute approximate surface area is 160 Å². The molecular formula is C21H27N3O3. The molecule has 144 valence electrons. The molecule has 0 bridgehead atoms. The van der Waals surface area contributed by atoms with Crippen molar-refractivity contribution in [3.63, 3.8) is 0 Å². The molecule has 1 aliphatic heterocycles. The van der Waals surface area contributed by atoms with Gasteiger partial charge in [0.15, 0.2) is 0 Å². The highest BCUT2D eigenvalue weighted by Gasteiger charge is 2.29. The Morgan fingerprint density at radius 2 is 2.11 bits per heavy atom. The van der Waals surface area contributed by atoms with Crippen LogP contribution in [0.1, 0.15) is 30.9 Å². The number of rotatable bonds is 7. The number of amides is 1. The van der Waals surface area contributed by atoms with E-state index in [-0.39, 0.29) is 23.4 Å². The maximum absolute atomic E-state index is 12.5. The van der Waals surface area contributed by atoms with E-state index in [1.54, 1.807) is 11.8 Å². The number of nitriles is 1. The van der Waals surface area contributed by atoms with Gasteiger partial charge in [0.1, 0.15) is 11.6 Å². The summed E-state index contributed by atoms with van der Waals surface area (Å²) in [6, 6.07) is 10.2. The highest BCUT2D eigenvalue weighted by molar-refractivity contribution is 5.97. The molecule has 1 amide bonds. The molecule has 0 aliphatic carbocycles. The van der Waals surface area contributed by atoms with Gasteiger partial charge in [-0.3, -0.25) is 9.59 Å². The van der Waals surface area contributed by atoms with Gasteiger partial charge in [0.05, 0.1) is 12.5 Å². The zero-order valence-corrected chi connectivity index (χ0v) is 16.0. The predicted octanol–water partition coefficient (Wildman–Crippen LogP) is 2.34. The van der Waals surface area contributed by atoms with E-state index in [1.165, 1.54) is 17.3 Å². The minimum atomic E-state index is -0.289. The minimum absolute atomic E-state index is 0.0915. The quantitative estimate of drug-likeness (QED) is 0.345. The first kappa shape index (κ1) is 20.5. The molecule has 0 aromatic heterocycles.